The van der Waals surface area contributed by atoms with Crippen molar-refractivity contribution in [2.45, 2.75) is 124 Å². The Labute approximate surface area is 455 Å². The molecular formula is C61H103N7O7. The van der Waals surface area contributed by atoms with Gasteiger partial charge < -0.3 is 52.8 Å². The fourth-order valence-corrected chi connectivity index (χ4v) is 8.18. The Kier molecular flexibility index (Phi) is 36.1. The number of piperidine rings is 1. The van der Waals surface area contributed by atoms with Gasteiger partial charge in [0, 0.05) is 83.9 Å². The Balaban J connectivity index is 0.000000218. The molecule has 3 aromatic rings. The quantitative estimate of drug-likeness (QED) is 0.216. The molecule has 14 nitrogen and oxygen atoms in total. The van der Waals surface area contributed by atoms with Crippen molar-refractivity contribution >= 4 is 0 Å². The molecule has 2 aromatic heterocycles. The summed E-state index contributed by atoms with van der Waals surface area (Å²) in [6.45, 7) is 32.2. The molecule has 8 saturated heterocycles. The first-order chi connectivity index (χ1) is 36.2. The van der Waals surface area contributed by atoms with Gasteiger partial charge in [-0.25, -0.2) is 0 Å². The number of hydrogen-bond donors (Lipinski definition) is 1. The van der Waals surface area contributed by atoms with Gasteiger partial charge in [-0.15, -0.1) is 0 Å². The number of likely N-dealkylation sites (tertiary alicyclic amines) is 2. The molecule has 1 aromatic carbocycles. The molecule has 13 heterocycles. The highest BCUT2D eigenvalue weighted by Crippen LogP contribution is 2.27. The molecule has 11 aliphatic rings. The van der Waals surface area contributed by atoms with E-state index >= 15 is 0 Å². The number of pyridine rings is 1. The monoisotopic (exact) mass is 1050 g/mol. The van der Waals surface area contributed by atoms with Gasteiger partial charge in [-0.2, -0.15) is 5.10 Å². The number of fused-ring (bicyclic) bond motifs is 4. The highest BCUT2D eigenvalue weighted by molar-refractivity contribution is 5.12. The Bertz CT molecular complexity index is 1780. The Hall–Kier alpha value is -3.80. The van der Waals surface area contributed by atoms with Crippen LogP contribution in [0.1, 0.15) is 95.8 Å². The first-order valence-electron chi connectivity index (χ1n) is 28.0. The summed E-state index contributed by atoms with van der Waals surface area (Å²) in [7, 11) is 8.58. The van der Waals surface area contributed by atoms with Crippen molar-refractivity contribution in [1.82, 2.24) is 34.8 Å². The highest BCUT2D eigenvalue weighted by atomic mass is 16.5. The SMILES string of the molecule is CC1=CCOC1.CC1=CCOCC1.CC1=COCC1.CC1CCOCC1.CN1CC2CC(C1)O2.CN1CC2CCC(C1)O2.CN1CCC1.CN1CCOCC1.Cc1ccccc1.Cc1ccncc1.Cc1cn[nH]c1. The van der Waals surface area contributed by atoms with Crippen molar-refractivity contribution in [3.05, 3.63) is 119 Å². The van der Waals surface area contributed by atoms with Gasteiger partial charge in [0.2, 0.25) is 0 Å². The van der Waals surface area contributed by atoms with Crippen molar-refractivity contribution < 1.29 is 33.2 Å². The topological polar surface area (TPSA) is 119 Å². The van der Waals surface area contributed by atoms with E-state index in [-0.39, 0.29) is 0 Å². The second-order valence-corrected chi connectivity index (χ2v) is 21.4. The fraction of sp³-hybridized carbons (Fsp3) is 0.672. The smallest absolute Gasteiger partial charge is 0.0911 e. The summed E-state index contributed by atoms with van der Waals surface area (Å²) < 4.78 is 36.2. The van der Waals surface area contributed by atoms with Crippen LogP contribution in [0, 0.1) is 26.7 Å². The maximum Gasteiger partial charge on any atom is 0.0911 e. The summed E-state index contributed by atoms with van der Waals surface area (Å²) in [5.74, 6) is 0.911. The first kappa shape index (κ1) is 65.5. The first-order valence-corrected chi connectivity index (χ1v) is 28.0. The van der Waals surface area contributed by atoms with E-state index in [0.29, 0.717) is 24.4 Å². The summed E-state index contributed by atoms with van der Waals surface area (Å²) >= 11 is 0. The van der Waals surface area contributed by atoms with Crippen LogP contribution in [-0.4, -0.2) is 199 Å². The van der Waals surface area contributed by atoms with E-state index < -0.39 is 0 Å². The van der Waals surface area contributed by atoms with Crippen LogP contribution in [0.2, 0.25) is 0 Å². The fourth-order valence-electron chi connectivity index (χ4n) is 8.18. The number of nitrogens with one attached hydrogen (secondary N) is 1. The van der Waals surface area contributed by atoms with Crippen LogP contribution < -0.4 is 0 Å². The number of H-pyrrole nitrogens is 1. The number of aromatic amines is 1. The van der Waals surface area contributed by atoms with Crippen LogP contribution in [0.15, 0.2) is 102 Å². The molecule has 4 atom stereocenters. The van der Waals surface area contributed by atoms with Crippen LogP contribution in [0.5, 0.6) is 0 Å². The average Bonchev–Trinajstić information content (AvgIpc) is 4.25. The van der Waals surface area contributed by atoms with Crippen molar-refractivity contribution in [2.24, 2.45) is 5.92 Å². The van der Waals surface area contributed by atoms with Gasteiger partial charge in [0.15, 0.2) is 0 Å². The van der Waals surface area contributed by atoms with Gasteiger partial charge in [0.1, 0.15) is 0 Å². The minimum Gasteiger partial charge on any atom is -0.501 e. The number of aromatic nitrogens is 3. The molecule has 11 aliphatic heterocycles. The van der Waals surface area contributed by atoms with Gasteiger partial charge >= 0.3 is 0 Å². The summed E-state index contributed by atoms with van der Waals surface area (Å²) in [6.07, 6.45) is 25.6. The average molecular weight is 1050 g/mol. The molecule has 4 unspecified atom stereocenters. The van der Waals surface area contributed by atoms with Gasteiger partial charge in [-0.3, -0.25) is 10.1 Å². The zero-order valence-corrected chi connectivity index (χ0v) is 48.7. The Morgan fingerprint density at radius 1 is 0.520 bits per heavy atom. The number of ether oxygens (including phenoxy) is 7. The lowest BCUT2D eigenvalue weighted by Gasteiger charge is -2.45. The van der Waals surface area contributed by atoms with E-state index in [0.717, 1.165) is 117 Å². The molecule has 14 rings (SSSR count). The van der Waals surface area contributed by atoms with Crippen molar-refractivity contribution in [3.8, 4) is 0 Å². The highest BCUT2D eigenvalue weighted by Gasteiger charge is 2.36. The zero-order chi connectivity index (χ0) is 54.3. The van der Waals surface area contributed by atoms with Gasteiger partial charge in [-0.05, 0) is 162 Å². The predicted molar refractivity (Wildman–Crippen MR) is 307 cm³/mol. The summed E-state index contributed by atoms with van der Waals surface area (Å²) in [4.78, 5) is 13.1. The van der Waals surface area contributed by atoms with E-state index in [1.54, 1.807) is 18.6 Å². The predicted octanol–water partition coefficient (Wildman–Crippen LogP) is 10.0. The van der Waals surface area contributed by atoms with E-state index in [4.69, 9.17) is 33.2 Å². The lowest BCUT2D eigenvalue weighted by molar-refractivity contribution is -0.175. The molecule has 424 valence electrons. The number of rotatable bonds is 0. The van der Waals surface area contributed by atoms with Gasteiger partial charge in [-0.1, -0.05) is 60.5 Å². The molecule has 0 amide bonds. The van der Waals surface area contributed by atoms with Crippen LogP contribution >= 0.6 is 0 Å². The second-order valence-electron chi connectivity index (χ2n) is 21.4. The number of benzene rings is 1. The summed E-state index contributed by atoms with van der Waals surface area (Å²) in [6, 6.07) is 14.2. The van der Waals surface area contributed by atoms with E-state index in [2.05, 4.69) is 122 Å². The van der Waals surface area contributed by atoms with Gasteiger partial charge in [0.25, 0.3) is 0 Å². The minimum absolute atomic E-state index is 0.564. The lowest BCUT2D eigenvalue weighted by atomic mass is 10.00. The van der Waals surface area contributed by atoms with Crippen molar-refractivity contribution in [2.75, 3.05) is 140 Å². The van der Waals surface area contributed by atoms with Crippen LogP contribution in [0.4, 0.5) is 0 Å². The molecule has 0 saturated carbocycles. The van der Waals surface area contributed by atoms with Crippen LogP contribution in [0.3, 0.4) is 0 Å². The largest absolute Gasteiger partial charge is 0.501 e. The standard InChI is InChI=1S/C7H13NO.C7H8.C6H11NO.C6H7N.C6H12O.C6H10O.C5H11NO.2C5H8O.C4H6N2.C4H9N/c1-8-4-6-2-3-7(5-8)9-6;1-7-5-3-2-4-6-7;1-7-3-5-2-6(4-7)8-5;4*1-6-2-4-7-5-3-6;2*1-5-2-3-6-4-5;1-4-2-5-6-3-4;1-5-3-2-4-5/h6-7H,2-5H2,1H3;2-6H,1H3;5-6H,2-4H2,1H3;2-5H,1H3;6H,2-5H2,1H3;2H,3-5H2,1H3;2-5H2,1H3;4H,2-3H2,1H3;2H,3-4H2,1H3;2-3H,1H3,(H,5,6);2-4H2,1H3. The third kappa shape index (κ3) is 35.3. The van der Waals surface area contributed by atoms with Crippen LogP contribution in [0.25, 0.3) is 0 Å². The Morgan fingerprint density at radius 2 is 1.04 bits per heavy atom. The zero-order valence-electron chi connectivity index (χ0n) is 48.7. The summed E-state index contributed by atoms with van der Waals surface area (Å²) in [5.41, 5.74) is 7.93. The normalized spacial score (nSPS) is 24.2. The number of aryl methyl sites for hydroxylation is 3. The maximum atomic E-state index is 5.63. The molecule has 0 radical (unpaired) electrons. The number of likely N-dealkylation sites (N-methyl/N-ethyl adjacent to an activating group) is 3. The molecule has 4 bridgehead atoms. The number of nitrogens with zero attached hydrogens (tertiary/aromatic N) is 6. The van der Waals surface area contributed by atoms with E-state index in [9.17, 15) is 0 Å². The van der Waals surface area contributed by atoms with E-state index in [1.165, 1.54) is 85.0 Å². The second kappa shape index (κ2) is 41.3. The molecular weight excluding hydrogens is 943 g/mol. The summed E-state index contributed by atoms with van der Waals surface area (Å²) in [5, 5.41) is 6.38. The van der Waals surface area contributed by atoms with E-state index in [1.807, 2.05) is 56.6 Å². The maximum absolute atomic E-state index is 5.63. The van der Waals surface area contributed by atoms with Crippen LogP contribution in [-0.2, 0) is 33.2 Å². The molecule has 75 heavy (non-hydrogen) atoms. The third-order valence-corrected chi connectivity index (χ3v) is 13.4. The van der Waals surface area contributed by atoms with Crippen molar-refractivity contribution in [1.29, 1.82) is 0 Å². The molecule has 1 N–H and O–H groups in total. The van der Waals surface area contributed by atoms with Gasteiger partial charge in [0.05, 0.1) is 83.1 Å². The number of morpholine rings is 3. The lowest BCUT2D eigenvalue weighted by Crippen LogP contribution is -2.55. The molecule has 0 aliphatic carbocycles. The van der Waals surface area contributed by atoms with Crippen molar-refractivity contribution in [3.63, 3.8) is 0 Å². The minimum atomic E-state index is 0.564. The third-order valence-electron chi connectivity index (χ3n) is 13.4. The molecule has 14 heteroatoms. The number of hydrogen-bond acceptors (Lipinski definition) is 13. The Morgan fingerprint density at radius 3 is 1.31 bits per heavy atom. The molecule has 8 fully saturated rings. The molecule has 0 spiro atoms.